The van der Waals surface area contributed by atoms with Gasteiger partial charge in [-0.05, 0) is 114 Å². The minimum absolute atomic E-state index is 0.0254. The number of ketones is 2. The van der Waals surface area contributed by atoms with Gasteiger partial charge >= 0.3 is 6.09 Å². The highest BCUT2D eigenvalue weighted by Gasteiger charge is 2.47. The van der Waals surface area contributed by atoms with Crippen LogP contribution in [0.1, 0.15) is 188 Å². The van der Waals surface area contributed by atoms with Crippen molar-refractivity contribution in [2.24, 2.45) is 47.3 Å². The summed E-state index contributed by atoms with van der Waals surface area (Å²) in [4.78, 5) is 191. The summed E-state index contributed by atoms with van der Waals surface area (Å²) < 4.78 is 22.8. The van der Waals surface area contributed by atoms with E-state index < -0.39 is 167 Å². The molecular weight excluding hydrogens is 1350 g/mol. The van der Waals surface area contributed by atoms with E-state index in [1.54, 1.807) is 60.3 Å². The zero-order valence-corrected chi connectivity index (χ0v) is 68.2. The molecule has 3 fully saturated rings. The number of rotatable bonds is 24. The summed E-state index contributed by atoms with van der Waals surface area (Å²) in [6, 6.07) is -11.5. The first kappa shape index (κ1) is 92.8. The number of carbonyl (C=O) groups excluding carboxylic acids is 12. The number of likely N-dealkylation sites (N-methyl/N-ethyl adjacent to an activating group) is 7. The van der Waals surface area contributed by atoms with E-state index in [1.807, 2.05) is 41.5 Å². The van der Waals surface area contributed by atoms with Crippen molar-refractivity contribution in [3.63, 3.8) is 0 Å². The van der Waals surface area contributed by atoms with E-state index in [4.69, 9.17) is 18.9 Å². The molecule has 105 heavy (non-hydrogen) atoms. The minimum atomic E-state index is -1.69. The number of unbranched alkanes of at least 4 members (excludes halogenated alkanes) is 3. The van der Waals surface area contributed by atoms with E-state index in [0.717, 1.165) is 35.9 Å². The summed E-state index contributed by atoms with van der Waals surface area (Å²) in [5, 5.41) is 18.2. The van der Waals surface area contributed by atoms with Crippen LogP contribution in [-0.4, -0.2) is 308 Å². The molecule has 0 aromatic heterocycles. The quantitative estimate of drug-likeness (QED) is 0.102. The summed E-state index contributed by atoms with van der Waals surface area (Å²) >= 11 is 0. The summed E-state index contributed by atoms with van der Waals surface area (Å²) in [6.07, 6.45) is 0.185. The molecule has 0 radical (unpaired) electrons. The molecule has 0 bridgehead atoms. The topological polar surface area (TPSA) is 315 Å². The van der Waals surface area contributed by atoms with Gasteiger partial charge < -0.3 is 73.9 Å². The Labute approximate surface area is 628 Å². The van der Waals surface area contributed by atoms with Crippen molar-refractivity contribution in [1.82, 2.24) is 54.7 Å². The zero-order chi connectivity index (χ0) is 79.6. The van der Waals surface area contributed by atoms with Gasteiger partial charge in [-0.3, -0.25) is 57.6 Å². The Kier molecular flexibility index (Phi) is 39.6. The molecule has 3 aliphatic heterocycles. The number of Topliss-reactive ketones (excluding diaryl/α,β-unsaturated/α-hetero) is 2. The zero-order valence-electron chi connectivity index (χ0n) is 68.2. The van der Waals surface area contributed by atoms with Crippen LogP contribution in [0.5, 0.6) is 0 Å². The van der Waals surface area contributed by atoms with Gasteiger partial charge in [0.1, 0.15) is 48.3 Å². The fourth-order valence-electron chi connectivity index (χ4n) is 14.3. The second-order valence-corrected chi connectivity index (χ2v) is 31.9. The second kappa shape index (κ2) is 44.8. The molecule has 3 aliphatic rings. The van der Waals surface area contributed by atoms with Gasteiger partial charge in [0.05, 0.1) is 51.3 Å². The Balaban J connectivity index is 2.29. The number of hydrogen-bond donors (Lipinski definition) is 3. The lowest BCUT2D eigenvalue weighted by molar-refractivity contribution is -0.157. The highest BCUT2D eigenvalue weighted by molar-refractivity contribution is 6.00. The van der Waals surface area contributed by atoms with Crippen LogP contribution in [0.4, 0.5) is 4.79 Å². The van der Waals surface area contributed by atoms with E-state index >= 15 is 38.4 Å². The largest absolute Gasteiger partial charge is 0.449 e. The number of aliphatic hydroxyl groups is 1. The fraction of sp³-hybridized carbons (Fsp3) is 0.844. The third-order valence-corrected chi connectivity index (χ3v) is 21.3. The number of amides is 10. The molecule has 28 heteroatoms. The van der Waals surface area contributed by atoms with Gasteiger partial charge in [-0.2, -0.15) is 0 Å². The van der Waals surface area contributed by atoms with Crippen molar-refractivity contribution in [2.45, 2.75) is 254 Å². The summed E-state index contributed by atoms with van der Waals surface area (Å²) in [6.45, 7) is 33.7. The average Bonchev–Trinajstić information content (AvgIpc) is 0.806. The Hall–Kier alpha value is -6.36. The smallest absolute Gasteiger partial charge is 0.409 e. The molecule has 0 aromatic rings. The van der Waals surface area contributed by atoms with E-state index in [9.17, 15) is 24.3 Å². The normalized spacial score (nSPS) is 27.0. The number of aliphatic hydroxyl groups excluding tert-OH is 1. The molecule has 3 saturated heterocycles. The molecule has 10 amide bonds. The molecule has 0 aliphatic carbocycles. The van der Waals surface area contributed by atoms with E-state index in [-0.39, 0.29) is 69.5 Å². The van der Waals surface area contributed by atoms with Crippen LogP contribution in [0.15, 0.2) is 0 Å². The Bertz CT molecular complexity index is 2830. The molecular formula is C77H137N11O17. The van der Waals surface area contributed by atoms with Gasteiger partial charge in [-0.1, -0.05) is 103 Å². The molecule has 28 nitrogen and oxygen atoms in total. The molecule has 0 aromatic carbocycles. The monoisotopic (exact) mass is 1490 g/mol. The third-order valence-electron chi connectivity index (χ3n) is 21.3. The van der Waals surface area contributed by atoms with Gasteiger partial charge in [0.15, 0.2) is 11.6 Å². The molecule has 3 N–H and O–H groups in total. The van der Waals surface area contributed by atoms with Gasteiger partial charge in [0.25, 0.3) is 0 Å². The van der Waals surface area contributed by atoms with Crippen LogP contribution in [0.3, 0.4) is 0 Å². The molecule has 0 saturated carbocycles. The maximum absolute atomic E-state index is 15.5. The van der Waals surface area contributed by atoms with Crippen LogP contribution in [-0.2, 0) is 71.7 Å². The predicted molar refractivity (Wildman–Crippen MR) is 401 cm³/mol. The molecule has 3 heterocycles. The maximum atomic E-state index is 15.5. The van der Waals surface area contributed by atoms with Crippen LogP contribution in [0.2, 0.25) is 0 Å². The molecule has 3 rings (SSSR count). The number of nitrogens with one attached hydrogen (secondary N) is 2. The van der Waals surface area contributed by atoms with Crippen LogP contribution >= 0.6 is 0 Å². The third kappa shape index (κ3) is 27.4. The SMILES string of the molecule is CC[C@@H]1NC(=O)[C@H]([C@H](O)[C@H](C)CCCCCOC(=O)N2CCOCC2)N(C)C(=O)[C@H](C(C)C)N(C)C(=O)[C@H](CC(C)C)N(C)C(=O)[C@H](CC(C)C)N(C)C(=O)[C@@H](C)NC(=O)[C@H](C)CC(=O)[C@H](CC(C)C)N(C)C(=O)[C@H](C(C)C)CC(=O)[C@H]([C@@H](C)OCCCCN2CCOCC2)N(C)C(=O)[C@@H](C)N(C)C1=O. The van der Waals surface area contributed by atoms with Crippen molar-refractivity contribution < 1.29 is 81.6 Å². The Morgan fingerprint density at radius 3 is 1.52 bits per heavy atom. The molecule has 602 valence electrons. The Morgan fingerprint density at radius 1 is 0.495 bits per heavy atom. The van der Waals surface area contributed by atoms with Gasteiger partial charge in [0, 0.05) is 107 Å². The first-order valence-electron chi connectivity index (χ1n) is 38.8. The van der Waals surface area contributed by atoms with Gasteiger partial charge in [-0.15, -0.1) is 0 Å². The highest BCUT2D eigenvalue weighted by atomic mass is 16.6. The standard InChI is InChI=1S/C77H137N11O17/c1-24-58-73(97)80(17)55(15)71(95)85(22)65(56(16)104-36-29-27-31-87-32-38-102-39-33-87)63(90)46-57(50(8)9)72(96)81(18)59(42-47(2)3)62(89)45-53(13)68(92)78-54(14)70(94)82(19)60(43-48(4)5)74(98)83(20)61(44-49(6)7)75(99)84(21)64(51(10)11)76(100)86(23)66(69(93)79-58)67(91)52(12)30-26-25-28-37-105-77(101)88-34-40-103-41-35-88/h47-61,64-67,91H,24-46H2,1-23H3,(H,78,92)(H,79,93)/t52-,53-,54-,55-,56-,57+,58+,59+,60+,61+,64+,65+,66+,67-/m1/s1. The number of nitrogens with zero attached hydrogens (tertiary/aromatic N) is 9. The van der Waals surface area contributed by atoms with Gasteiger partial charge in [-0.25, -0.2) is 4.79 Å². The number of morpholine rings is 2. The minimum Gasteiger partial charge on any atom is -0.449 e. The fourth-order valence-corrected chi connectivity index (χ4v) is 14.3. The van der Waals surface area contributed by atoms with Crippen LogP contribution < -0.4 is 10.6 Å². The lowest BCUT2D eigenvalue weighted by Crippen LogP contribution is -2.64. The predicted octanol–water partition coefficient (Wildman–Crippen LogP) is 5.37. The lowest BCUT2D eigenvalue weighted by Gasteiger charge is -2.41. The van der Waals surface area contributed by atoms with E-state index in [0.29, 0.717) is 71.6 Å². The summed E-state index contributed by atoms with van der Waals surface area (Å²) in [5.41, 5.74) is 0. The van der Waals surface area contributed by atoms with E-state index in [2.05, 4.69) is 15.5 Å². The van der Waals surface area contributed by atoms with Crippen molar-refractivity contribution >= 4 is 70.8 Å². The lowest BCUT2D eigenvalue weighted by atomic mass is 9.85. The van der Waals surface area contributed by atoms with E-state index in [1.165, 1.54) is 87.7 Å². The summed E-state index contributed by atoms with van der Waals surface area (Å²) in [7, 11) is 10.1. The summed E-state index contributed by atoms with van der Waals surface area (Å²) in [5.74, 6) is -11.2. The highest BCUT2D eigenvalue weighted by Crippen LogP contribution is 2.29. The number of ether oxygens (including phenoxy) is 4. The average molecular weight is 1490 g/mol. The van der Waals surface area contributed by atoms with Crippen molar-refractivity contribution in [3.05, 3.63) is 0 Å². The first-order chi connectivity index (χ1) is 49.1. The second-order valence-electron chi connectivity index (χ2n) is 31.9. The van der Waals surface area contributed by atoms with Crippen LogP contribution in [0.25, 0.3) is 0 Å². The van der Waals surface area contributed by atoms with Crippen LogP contribution in [0, 0.1) is 47.3 Å². The van der Waals surface area contributed by atoms with Gasteiger partial charge in [0.2, 0.25) is 53.2 Å². The molecule has 0 unspecified atom stereocenters. The van der Waals surface area contributed by atoms with Crippen molar-refractivity contribution in [3.8, 4) is 0 Å². The van der Waals surface area contributed by atoms with Crippen molar-refractivity contribution in [2.75, 3.05) is 122 Å². The number of carbonyl (C=O) groups is 12. The maximum Gasteiger partial charge on any atom is 0.409 e. The molecule has 14 atom stereocenters. The molecule has 0 spiro atoms. The first-order valence-corrected chi connectivity index (χ1v) is 38.8. The Morgan fingerprint density at radius 2 is 0.990 bits per heavy atom. The van der Waals surface area contributed by atoms with Crippen molar-refractivity contribution in [1.29, 1.82) is 0 Å². The number of hydrogen-bond acceptors (Lipinski definition) is 18.